The second-order valence-corrected chi connectivity index (χ2v) is 8.46. The number of carboxylic acid groups (broad SMARTS) is 1. The molecule has 1 aliphatic carbocycles. The number of thiophene rings is 1. The van der Waals surface area contributed by atoms with Gasteiger partial charge >= 0.3 is 5.97 Å². The van der Waals surface area contributed by atoms with Gasteiger partial charge in [-0.25, -0.2) is 4.98 Å². The Hall–Kier alpha value is -1.71. The number of aliphatic carboxylic acids is 1. The van der Waals surface area contributed by atoms with E-state index in [1.807, 2.05) is 36.9 Å². The van der Waals surface area contributed by atoms with Gasteiger partial charge in [-0.2, -0.15) is 0 Å². The van der Waals surface area contributed by atoms with Crippen LogP contribution in [0.4, 0.5) is 5.13 Å². The number of nitrogens with zero attached hydrogens (tertiary/aromatic N) is 3. The molecule has 136 valence electrons. The molecule has 25 heavy (non-hydrogen) atoms. The minimum atomic E-state index is -0.808. The molecule has 0 spiro atoms. The lowest BCUT2D eigenvalue weighted by molar-refractivity contribution is -0.139. The molecule has 2 aromatic heterocycles. The highest BCUT2D eigenvalue weighted by Gasteiger charge is 2.35. The van der Waals surface area contributed by atoms with Crippen LogP contribution in [0.1, 0.15) is 29.4 Å². The number of hydrogen-bond donors (Lipinski definition) is 2. The van der Waals surface area contributed by atoms with Crippen molar-refractivity contribution in [2.45, 2.75) is 31.8 Å². The number of nitrogens with one attached hydrogen (secondary N) is 1. The van der Waals surface area contributed by atoms with Gasteiger partial charge in [0.15, 0.2) is 5.13 Å². The van der Waals surface area contributed by atoms with Gasteiger partial charge in [0.05, 0.1) is 16.1 Å². The van der Waals surface area contributed by atoms with Gasteiger partial charge < -0.3 is 15.3 Å². The average Bonchev–Trinajstić information content (AvgIpc) is 3.06. The molecular weight excluding hydrogens is 360 g/mol. The summed E-state index contributed by atoms with van der Waals surface area (Å²) in [4.78, 5) is 33.3. The van der Waals surface area contributed by atoms with Gasteiger partial charge in [0, 0.05) is 26.2 Å². The first-order valence-electron chi connectivity index (χ1n) is 8.21. The second-order valence-electron chi connectivity index (χ2n) is 6.42. The lowest BCUT2D eigenvalue weighted by Crippen LogP contribution is -2.54. The third-order valence-corrected chi connectivity index (χ3v) is 6.72. The number of anilines is 1. The van der Waals surface area contributed by atoms with Crippen molar-refractivity contribution in [1.29, 1.82) is 0 Å². The topological polar surface area (TPSA) is 85.8 Å². The molecule has 1 saturated carbocycles. The van der Waals surface area contributed by atoms with Crippen LogP contribution in [-0.4, -0.2) is 66.1 Å². The van der Waals surface area contributed by atoms with Crippen LogP contribution >= 0.6 is 22.7 Å². The first-order chi connectivity index (χ1) is 11.9. The largest absolute Gasteiger partial charge is 0.480 e. The molecule has 1 fully saturated rings. The Balaban J connectivity index is 1.55. The van der Waals surface area contributed by atoms with E-state index in [-0.39, 0.29) is 24.5 Å². The van der Waals surface area contributed by atoms with Gasteiger partial charge in [0.1, 0.15) is 4.83 Å². The highest BCUT2D eigenvalue weighted by atomic mass is 32.1. The van der Waals surface area contributed by atoms with Gasteiger partial charge in [-0.1, -0.05) is 18.3 Å². The first kappa shape index (κ1) is 18.1. The predicted octanol–water partition coefficient (Wildman–Crippen LogP) is 2.09. The number of carbonyl (C=O) groups is 2. The Kier molecular flexibility index (Phi) is 5.26. The third kappa shape index (κ3) is 3.94. The highest BCUT2D eigenvalue weighted by molar-refractivity contribution is 7.29. The lowest BCUT2D eigenvalue weighted by atomic mass is 9.85. The van der Waals surface area contributed by atoms with E-state index in [4.69, 9.17) is 5.11 Å². The van der Waals surface area contributed by atoms with Crippen molar-refractivity contribution in [3.05, 3.63) is 10.9 Å². The van der Waals surface area contributed by atoms with Crippen LogP contribution in [0.5, 0.6) is 0 Å². The van der Waals surface area contributed by atoms with Crippen molar-refractivity contribution in [2.75, 3.05) is 32.1 Å². The molecule has 0 radical (unpaired) electrons. The zero-order valence-electron chi connectivity index (χ0n) is 14.5. The molecule has 2 aromatic rings. The van der Waals surface area contributed by atoms with Crippen molar-refractivity contribution >= 4 is 49.2 Å². The first-order valence-corrected chi connectivity index (χ1v) is 9.85. The van der Waals surface area contributed by atoms with Crippen LogP contribution < -0.4 is 10.2 Å². The fraction of sp³-hybridized carbons (Fsp3) is 0.562. The molecule has 9 heteroatoms. The van der Waals surface area contributed by atoms with E-state index in [0.717, 1.165) is 27.5 Å². The maximum absolute atomic E-state index is 12.4. The van der Waals surface area contributed by atoms with Crippen LogP contribution in [0, 0.1) is 0 Å². The summed E-state index contributed by atoms with van der Waals surface area (Å²) in [5.41, 5.74) is 0. The number of carboxylic acids is 1. The molecule has 0 unspecified atom stereocenters. The molecule has 0 saturated heterocycles. The molecular formula is C16H22N4O3S2. The minimum absolute atomic E-state index is 0.0584. The molecule has 2 heterocycles. The van der Waals surface area contributed by atoms with Crippen molar-refractivity contribution in [1.82, 2.24) is 15.2 Å². The van der Waals surface area contributed by atoms with Crippen molar-refractivity contribution in [3.63, 3.8) is 0 Å². The Bertz CT molecular complexity index is 748. The summed E-state index contributed by atoms with van der Waals surface area (Å²) in [5.74, 6) is -0.871. The number of hydrogen-bond acceptors (Lipinski definition) is 7. The molecule has 0 aromatic carbocycles. The van der Waals surface area contributed by atoms with E-state index in [2.05, 4.69) is 10.3 Å². The van der Waals surface area contributed by atoms with Gasteiger partial charge in [-0.15, -0.1) is 11.3 Å². The highest BCUT2D eigenvalue weighted by Crippen LogP contribution is 2.34. The van der Waals surface area contributed by atoms with Crippen molar-refractivity contribution in [2.24, 2.45) is 0 Å². The van der Waals surface area contributed by atoms with Gasteiger partial charge in [0.2, 0.25) is 0 Å². The standard InChI is InChI=1S/C16H22N4O3S2/c1-4-20(8-13(21)22)10-5-9(6-10)17-14(23)11-7-12-15(24-11)18-16(25-12)19(2)3/h7,9-10H,4-6,8H2,1-3H3,(H,17,23)(H,21,22). The van der Waals surface area contributed by atoms with Gasteiger partial charge in [-0.05, 0) is 25.5 Å². The van der Waals surface area contributed by atoms with Crippen LogP contribution in [0.2, 0.25) is 0 Å². The predicted molar refractivity (Wildman–Crippen MR) is 101 cm³/mol. The molecule has 7 nitrogen and oxygen atoms in total. The molecule has 0 atom stereocenters. The van der Waals surface area contributed by atoms with E-state index in [1.165, 1.54) is 11.3 Å². The summed E-state index contributed by atoms with van der Waals surface area (Å²) in [5, 5.41) is 12.9. The number of aromatic nitrogens is 1. The fourth-order valence-corrected chi connectivity index (χ4v) is 5.00. The Morgan fingerprint density at radius 3 is 2.64 bits per heavy atom. The van der Waals surface area contributed by atoms with E-state index in [1.54, 1.807) is 11.3 Å². The van der Waals surface area contributed by atoms with E-state index in [9.17, 15) is 9.59 Å². The number of amides is 1. The van der Waals surface area contributed by atoms with Gasteiger partial charge in [-0.3, -0.25) is 14.5 Å². The van der Waals surface area contributed by atoms with E-state index in [0.29, 0.717) is 11.4 Å². The summed E-state index contributed by atoms with van der Waals surface area (Å²) >= 11 is 2.99. The summed E-state index contributed by atoms with van der Waals surface area (Å²) in [6.45, 7) is 2.73. The normalized spacial score (nSPS) is 19.8. The van der Waals surface area contributed by atoms with Gasteiger partial charge in [0.25, 0.3) is 5.91 Å². The zero-order valence-corrected chi connectivity index (χ0v) is 16.1. The average molecular weight is 383 g/mol. The van der Waals surface area contributed by atoms with Crippen LogP contribution in [-0.2, 0) is 4.79 Å². The van der Waals surface area contributed by atoms with Crippen molar-refractivity contribution < 1.29 is 14.7 Å². The summed E-state index contributed by atoms with van der Waals surface area (Å²) in [6, 6.07) is 2.26. The molecule has 1 aliphatic rings. The third-order valence-electron chi connectivity index (χ3n) is 4.39. The SMILES string of the molecule is CCN(CC(=O)O)C1CC(NC(=O)c2cc3sc(N(C)C)nc3s2)C1. The number of thiazole rings is 1. The fourth-order valence-electron chi connectivity index (χ4n) is 2.96. The molecule has 1 amide bonds. The number of likely N-dealkylation sites (N-methyl/N-ethyl adjacent to an activating group) is 1. The second kappa shape index (κ2) is 7.27. The number of rotatable bonds is 7. The van der Waals surface area contributed by atoms with Crippen molar-refractivity contribution in [3.8, 4) is 0 Å². The van der Waals surface area contributed by atoms with Crippen LogP contribution in [0.15, 0.2) is 6.07 Å². The molecule has 3 rings (SSSR count). The zero-order chi connectivity index (χ0) is 18.1. The number of fused-ring (bicyclic) bond motifs is 1. The number of carbonyl (C=O) groups excluding carboxylic acids is 1. The Morgan fingerprint density at radius 2 is 2.08 bits per heavy atom. The Labute approximate surface area is 154 Å². The minimum Gasteiger partial charge on any atom is -0.480 e. The molecule has 0 bridgehead atoms. The summed E-state index contributed by atoms with van der Waals surface area (Å²) in [7, 11) is 3.90. The monoisotopic (exact) mass is 382 g/mol. The van der Waals surface area contributed by atoms with Crippen LogP contribution in [0.3, 0.4) is 0 Å². The lowest BCUT2D eigenvalue weighted by Gasteiger charge is -2.42. The summed E-state index contributed by atoms with van der Waals surface area (Å²) in [6.07, 6.45) is 1.60. The Morgan fingerprint density at radius 1 is 1.36 bits per heavy atom. The quantitative estimate of drug-likeness (QED) is 0.763. The smallest absolute Gasteiger partial charge is 0.317 e. The van der Waals surface area contributed by atoms with E-state index >= 15 is 0 Å². The maximum Gasteiger partial charge on any atom is 0.317 e. The summed E-state index contributed by atoms with van der Waals surface area (Å²) < 4.78 is 1.03. The molecule has 0 aliphatic heterocycles. The maximum atomic E-state index is 12.4. The van der Waals surface area contributed by atoms with E-state index < -0.39 is 5.97 Å². The molecule has 2 N–H and O–H groups in total. The van der Waals surface area contributed by atoms with Crippen LogP contribution in [0.25, 0.3) is 9.53 Å².